The van der Waals surface area contributed by atoms with Crippen molar-refractivity contribution in [1.82, 2.24) is 5.32 Å². The van der Waals surface area contributed by atoms with Crippen molar-refractivity contribution in [1.29, 1.82) is 0 Å². The summed E-state index contributed by atoms with van der Waals surface area (Å²) >= 11 is 5.33. The molecule has 0 aliphatic carbocycles. The molecule has 0 aliphatic heterocycles. The van der Waals surface area contributed by atoms with Crippen molar-refractivity contribution in [3.8, 4) is 0 Å². The van der Waals surface area contributed by atoms with Gasteiger partial charge in [0.15, 0.2) is 0 Å². The maximum atomic E-state index is 3.49. The SMILES string of the molecule is CNCC(C)(C)CCc1ccc(Br)s1. The molecule has 0 saturated carbocycles. The third-order valence-corrected chi connectivity index (χ3v) is 4.02. The van der Waals surface area contributed by atoms with Crippen LogP contribution < -0.4 is 5.32 Å². The Morgan fingerprint density at radius 3 is 2.64 bits per heavy atom. The quantitative estimate of drug-likeness (QED) is 0.865. The Balaban J connectivity index is 2.40. The van der Waals surface area contributed by atoms with Crippen molar-refractivity contribution in [3.05, 3.63) is 20.8 Å². The zero-order valence-corrected chi connectivity index (χ0v) is 11.5. The Labute approximate surface area is 99.0 Å². The Bertz CT molecular complexity index is 281. The zero-order valence-electron chi connectivity index (χ0n) is 9.06. The summed E-state index contributed by atoms with van der Waals surface area (Å²) in [5.41, 5.74) is 0.394. The molecule has 1 N–H and O–H groups in total. The van der Waals surface area contributed by atoms with Crippen LogP contribution in [0.25, 0.3) is 0 Å². The molecule has 1 nitrogen and oxygen atoms in total. The van der Waals surface area contributed by atoms with Gasteiger partial charge in [-0.1, -0.05) is 13.8 Å². The van der Waals surface area contributed by atoms with Crippen molar-refractivity contribution in [2.45, 2.75) is 26.7 Å². The minimum atomic E-state index is 0.394. The van der Waals surface area contributed by atoms with E-state index in [4.69, 9.17) is 0 Å². The monoisotopic (exact) mass is 275 g/mol. The second kappa shape index (κ2) is 5.29. The molecule has 0 atom stereocenters. The van der Waals surface area contributed by atoms with Crippen LogP contribution in [0.2, 0.25) is 0 Å². The van der Waals surface area contributed by atoms with Crippen LogP contribution in [0.3, 0.4) is 0 Å². The molecule has 1 heterocycles. The lowest BCUT2D eigenvalue weighted by Gasteiger charge is -2.23. The van der Waals surface area contributed by atoms with Gasteiger partial charge in [0, 0.05) is 4.88 Å². The second-order valence-corrected chi connectivity index (χ2v) is 6.95. The molecule has 0 aliphatic rings. The lowest BCUT2D eigenvalue weighted by Crippen LogP contribution is -2.27. The maximum absolute atomic E-state index is 3.49. The summed E-state index contributed by atoms with van der Waals surface area (Å²) in [6, 6.07) is 4.34. The van der Waals surface area contributed by atoms with Crippen molar-refractivity contribution >= 4 is 27.3 Å². The van der Waals surface area contributed by atoms with Crippen molar-refractivity contribution in [3.63, 3.8) is 0 Å². The summed E-state index contributed by atoms with van der Waals surface area (Å²) in [4.78, 5) is 1.47. The van der Waals surface area contributed by atoms with E-state index in [1.807, 2.05) is 18.4 Å². The van der Waals surface area contributed by atoms with Crippen molar-refractivity contribution in [2.24, 2.45) is 5.41 Å². The molecular weight excluding hydrogens is 258 g/mol. The van der Waals surface area contributed by atoms with Gasteiger partial charge in [0.2, 0.25) is 0 Å². The summed E-state index contributed by atoms with van der Waals surface area (Å²) in [5, 5.41) is 3.24. The molecular formula is C11H18BrNS. The lowest BCUT2D eigenvalue weighted by atomic mass is 9.87. The Morgan fingerprint density at radius 2 is 2.14 bits per heavy atom. The van der Waals surface area contributed by atoms with Gasteiger partial charge >= 0.3 is 0 Å². The molecule has 0 saturated heterocycles. The first-order chi connectivity index (χ1) is 6.53. The van der Waals surface area contributed by atoms with Crippen LogP contribution in [0.4, 0.5) is 0 Å². The summed E-state index contributed by atoms with van der Waals surface area (Å²) in [6.45, 7) is 5.71. The van der Waals surface area contributed by atoms with Gasteiger partial charge in [-0.2, -0.15) is 0 Å². The predicted octanol–water partition coefficient (Wildman–Crippen LogP) is 3.69. The number of nitrogens with one attached hydrogen (secondary N) is 1. The second-order valence-electron chi connectivity index (χ2n) is 4.40. The number of rotatable bonds is 5. The summed E-state index contributed by atoms with van der Waals surface area (Å²) in [5.74, 6) is 0. The molecule has 0 amide bonds. The van der Waals surface area contributed by atoms with Crippen LogP contribution in [0.15, 0.2) is 15.9 Å². The molecule has 0 bridgehead atoms. The van der Waals surface area contributed by atoms with Gasteiger partial charge in [0.05, 0.1) is 3.79 Å². The van der Waals surface area contributed by atoms with Crippen LogP contribution in [0.5, 0.6) is 0 Å². The summed E-state index contributed by atoms with van der Waals surface area (Å²) in [6.07, 6.45) is 2.42. The smallest absolute Gasteiger partial charge is 0.0701 e. The van der Waals surface area contributed by atoms with Gasteiger partial charge in [-0.25, -0.2) is 0 Å². The fourth-order valence-corrected chi connectivity index (χ4v) is 3.00. The van der Waals surface area contributed by atoms with E-state index in [1.54, 1.807) is 0 Å². The summed E-state index contributed by atoms with van der Waals surface area (Å²) < 4.78 is 1.24. The van der Waals surface area contributed by atoms with Crippen molar-refractivity contribution in [2.75, 3.05) is 13.6 Å². The maximum Gasteiger partial charge on any atom is 0.0701 e. The molecule has 1 aromatic rings. The van der Waals surface area contributed by atoms with Crippen LogP contribution in [-0.4, -0.2) is 13.6 Å². The van der Waals surface area contributed by atoms with E-state index in [0.717, 1.165) is 6.54 Å². The molecule has 0 fully saturated rings. The molecule has 14 heavy (non-hydrogen) atoms. The van der Waals surface area contributed by atoms with Gasteiger partial charge < -0.3 is 5.32 Å². The highest BCUT2D eigenvalue weighted by Crippen LogP contribution is 2.27. The Kier molecular flexibility index (Phi) is 4.61. The van der Waals surface area contributed by atoms with Crippen LogP contribution in [0.1, 0.15) is 25.1 Å². The van der Waals surface area contributed by atoms with E-state index >= 15 is 0 Å². The first-order valence-electron chi connectivity index (χ1n) is 4.92. The van der Waals surface area contributed by atoms with Gasteiger partial charge in [0.25, 0.3) is 0 Å². The Morgan fingerprint density at radius 1 is 1.43 bits per heavy atom. The minimum absolute atomic E-state index is 0.394. The Hall–Kier alpha value is 0.140. The number of aryl methyl sites for hydroxylation is 1. The number of hydrogen-bond acceptors (Lipinski definition) is 2. The third-order valence-electron chi connectivity index (χ3n) is 2.33. The molecule has 0 radical (unpaired) electrons. The topological polar surface area (TPSA) is 12.0 Å². The molecule has 0 unspecified atom stereocenters. The van der Waals surface area contributed by atoms with E-state index in [-0.39, 0.29) is 0 Å². The van der Waals surface area contributed by atoms with E-state index in [1.165, 1.54) is 21.5 Å². The van der Waals surface area contributed by atoms with Gasteiger partial charge in [-0.15, -0.1) is 11.3 Å². The normalized spacial score (nSPS) is 12.0. The van der Waals surface area contributed by atoms with E-state index in [9.17, 15) is 0 Å². The average Bonchev–Trinajstić information content (AvgIpc) is 2.48. The largest absolute Gasteiger partial charge is 0.319 e. The number of thiophene rings is 1. The van der Waals surface area contributed by atoms with Crippen molar-refractivity contribution < 1.29 is 0 Å². The molecule has 0 spiro atoms. The standard InChI is InChI=1S/C11H18BrNS/c1-11(2,8-13-3)7-6-9-4-5-10(12)14-9/h4-5,13H,6-8H2,1-3H3. The minimum Gasteiger partial charge on any atom is -0.319 e. The highest BCUT2D eigenvalue weighted by atomic mass is 79.9. The van der Waals surface area contributed by atoms with Gasteiger partial charge in [-0.3, -0.25) is 0 Å². The average molecular weight is 276 g/mol. The molecule has 1 aromatic heterocycles. The number of hydrogen-bond donors (Lipinski definition) is 1. The summed E-state index contributed by atoms with van der Waals surface area (Å²) in [7, 11) is 2.02. The van der Waals surface area contributed by atoms with E-state index in [2.05, 4.69) is 47.2 Å². The molecule has 3 heteroatoms. The molecule has 80 valence electrons. The number of halogens is 1. The molecule has 1 rings (SSSR count). The fraction of sp³-hybridized carbons (Fsp3) is 0.636. The zero-order chi connectivity index (χ0) is 10.6. The first-order valence-corrected chi connectivity index (χ1v) is 6.53. The van der Waals surface area contributed by atoms with Crippen LogP contribution in [-0.2, 0) is 6.42 Å². The van der Waals surface area contributed by atoms with Crippen LogP contribution >= 0.6 is 27.3 Å². The highest BCUT2D eigenvalue weighted by Gasteiger charge is 2.16. The van der Waals surface area contributed by atoms with Crippen LogP contribution in [0, 0.1) is 5.41 Å². The van der Waals surface area contributed by atoms with E-state index in [0.29, 0.717) is 5.41 Å². The molecule has 0 aromatic carbocycles. The predicted molar refractivity (Wildman–Crippen MR) is 68.0 cm³/mol. The third kappa shape index (κ3) is 4.11. The van der Waals surface area contributed by atoms with Gasteiger partial charge in [0.1, 0.15) is 0 Å². The van der Waals surface area contributed by atoms with E-state index < -0.39 is 0 Å². The van der Waals surface area contributed by atoms with Gasteiger partial charge in [-0.05, 0) is 59.9 Å². The lowest BCUT2D eigenvalue weighted by molar-refractivity contribution is 0.325. The highest BCUT2D eigenvalue weighted by molar-refractivity contribution is 9.11. The fourth-order valence-electron chi connectivity index (χ4n) is 1.51. The first kappa shape index (κ1) is 12.2.